The van der Waals surface area contributed by atoms with E-state index in [-0.39, 0.29) is 0 Å². The minimum atomic E-state index is 0.475. The van der Waals surface area contributed by atoms with Crippen molar-refractivity contribution in [1.29, 1.82) is 0 Å². The molecule has 4 nitrogen and oxygen atoms in total. The second-order valence-electron chi connectivity index (χ2n) is 4.62. The summed E-state index contributed by atoms with van der Waals surface area (Å²) in [5.74, 6) is 1.43. The number of aromatic nitrogens is 2. The first-order valence-electron chi connectivity index (χ1n) is 6.72. The number of methoxy groups -OCH3 is 1. The van der Waals surface area contributed by atoms with Crippen LogP contribution in [-0.2, 0) is 6.61 Å². The van der Waals surface area contributed by atoms with Gasteiger partial charge in [-0.05, 0) is 23.3 Å². The van der Waals surface area contributed by atoms with E-state index in [1.54, 1.807) is 7.11 Å². The molecule has 0 radical (unpaired) electrons. The zero-order chi connectivity index (χ0) is 14.5. The van der Waals surface area contributed by atoms with E-state index in [1.165, 1.54) is 0 Å². The molecule has 0 fully saturated rings. The normalized spacial score (nSPS) is 10.3. The summed E-state index contributed by atoms with van der Waals surface area (Å²) in [4.78, 5) is 0. The molecule has 0 bridgehead atoms. The fourth-order valence-corrected chi connectivity index (χ4v) is 2.02. The zero-order valence-corrected chi connectivity index (χ0v) is 11.7. The Bertz CT molecular complexity index is 690. The minimum Gasteiger partial charge on any atom is -0.497 e. The average Bonchev–Trinajstić information content (AvgIpc) is 3.03. The molecule has 0 aliphatic rings. The Morgan fingerprint density at radius 2 is 1.76 bits per heavy atom. The molecule has 3 rings (SSSR count). The molecular formula is C17H16N2O2. The van der Waals surface area contributed by atoms with Crippen molar-refractivity contribution in [2.24, 2.45) is 0 Å². The van der Waals surface area contributed by atoms with Crippen molar-refractivity contribution in [3.8, 4) is 22.9 Å². The highest BCUT2D eigenvalue weighted by Gasteiger charge is 2.04. The van der Waals surface area contributed by atoms with E-state index >= 15 is 0 Å². The maximum atomic E-state index is 5.68. The number of hydrogen-bond acceptors (Lipinski definition) is 3. The van der Waals surface area contributed by atoms with Gasteiger partial charge in [0.25, 0.3) is 0 Å². The highest BCUT2D eigenvalue weighted by molar-refractivity contribution is 5.59. The van der Waals surface area contributed by atoms with Crippen LogP contribution in [0, 0.1) is 0 Å². The van der Waals surface area contributed by atoms with Gasteiger partial charge in [-0.1, -0.05) is 42.5 Å². The number of H-pyrrole nitrogens is 1. The molecule has 0 spiro atoms. The lowest BCUT2D eigenvalue weighted by atomic mass is 10.2. The molecule has 106 valence electrons. The van der Waals surface area contributed by atoms with Gasteiger partial charge in [0, 0.05) is 6.07 Å². The quantitative estimate of drug-likeness (QED) is 0.775. The number of nitrogens with one attached hydrogen (secondary N) is 1. The van der Waals surface area contributed by atoms with Gasteiger partial charge in [0.2, 0.25) is 5.88 Å². The minimum absolute atomic E-state index is 0.475. The molecule has 0 aliphatic carbocycles. The van der Waals surface area contributed by atoms with Crippen LogP contribution >= 0.6 is 0 Å². The van der Waals surface area contributed by atoms with E-state index in [2.05, 4.69) is 10.2 Å². The first kappa shape index (κ1) is 13.2. The Morgan fingerprint density at radius 1 is 1.00 bits per heavy atom. The summed E-state index contributed by atoms with van der Waals surface area (Å²) in [6.45, 7) is 0.475. The van der Waals surface area contributed by atoms with Crippen molar-refractivity contribution >= 4 is 0 Å². The van der Waals surface area contributed by atoms with Crippen LogP contribution in [0.1, 0.15) is 5.56 Å². The van der Waals surface area contributed by atoms with Gasteiger partial charge >= 0.3 is 0 Å². The van der Waals surface area contributed by atoms with Gasteiger partial charge < -0.3 is 9.47 Å². The van der Waals surface area contributed by atoms with Crippen LogP contribution in [0.2, 0.25) is 0 Å². The number of nitrogens with zero attached hydrogens (tertiary/aromatic N) is 1. The van der Waals surface area contributed by atoms with Crippen molar-refractivity contribution in [2.75, 3.05) is 7.11 Å². The Balaban J connectivity index is 1.64. The molecule has 0 saturated carbocycles. The maximum Gasteiger partial charge on any atom is 0.233 e. The number of aromatic amines is 1. The number of rotatable bonds is 5. The standard InChI is InChI=1S/C17H16N2O2/c1-20-15-9-7-13(8-10-15)12-21-17-11-16(18-19-17)14-5-3-2-4-6-14/h2-11H,12H2,1H3,(H,18,19). The third kappa shape index (κ3) is 3.23. The Morgan fingerprint density at radius 3 is 2.48 bits per heavy atom. The van der Waals surface area contributed by atoms with Gasteiger partial charge in [0.1, 0.15) is 12.4 Å². The first-order chi connectivity index (χ1) is 10.3. The van der Waals surface area contributed by atoms with Crippen LogP contribution in [0.25, 0.3) is 11.3 Å². The number of benzene rings is 2. The predicted molar refractivity (Wildman–Crippen MR) is 81.3 cm³/mol. The van der Waals surface area contributed by atoms with E-state index in [4.69, 9.17) is 9.47 Å². The van der Waals surface area contributed by atoms with E-state index in [0.717, 1.165) is 22.6 Å². The van der Waals surface area contributed by atoms with Crippen molar-refractivity contribution in [3.05, 3.63) is 66.2 Å². The Hall–Kier alpha value is -2.75. The van der Waals surface area contributed by atoms with Crippen LogP contribution in [-0.4, -0.2) is 17.3 Å². The fraction of sp³-hybridized carbons (Fsp3) is 0.118. The molecule has 0 aliphatic heterocycles. The smallest absolute Gasteiger partial charge is 0.233 e. The highest BCUT2D eigenvalue weighted by atomic mass is 16.5. The van der Waals surface area contributed by atoms with E-state index in [9.17, 15) is 0 Å². The van der Waals surface area contributed by atoms with Crippen LogP contribution in [0.15, 0.2) is 60.7 Å². The molecule has 0 unspecified atom stereocenters. The summed E-state index contributed by atoms with van der Waals surface area (Å²) in [6.07, 6.45) is 0. The summed E-state index contributed by atoms with van der Waals surface area (Å²) in [6, 6.07) is 19.7. The van der Waals surface area contributed by atoms with Gasteiger partial charge in [-0.3, -0.25) is 5.10 Å². The van der Waals surface area contributed by atoms with Crippen molar-refractivity contribution in [3.63, 3.8) is 0 Å². The van der Waals surface area contributed by atoms with Crippen LogP contribution in [0.3, 0.4) is 0 Å². The lowest BCUT2D eigenvalue weighted by Crippen LogP contribution is -1.95. The van der Waals surface area contributed by atoms with Crippen LogP contribution < -0.4 is 9.47 Å². The average molecular weight is 280 g/mol. The Kier molecular flexibility index (Phi) is 3.87. The molecule has 3 aromatic rings. The maximum absolute atomic E-state index is 5.68. The summed E-state index contributed by atoms with van der Waals surface area (Å²) in [7, 11) is 1.65. The van der Waals surface area contributed by atoms with E-state index in [1.807, 2.05) is 60.7 Å². The Labute approximate surface area is 123 Å². The van der Waals surface area contributed by atoms with Gasteiger partial charge in [-0.15, -0.1) is 5.10 Å². The third-order valence-electron chi connectivity index (χ3n) is 3.18. The largest absolute Gasteiger partial charge is 0.497 e. The van der Waals surface area contributed by atoms with Crippen molar-refractivity contribution in [2.45, 2.75) is 6.61 Å². The molecule has 21 heavy (non-hydrogen) atoms. The predicted octanol–water partition coefficient (Wildman–Crippen LogP) is 3.66. The summed E-state index contributed by atoms with van der Waals surface area (Å²) < 4.78 is 10.8. The van der Waals surface area contributed by atoms with Gasteiger partial charge in [0.05, 0.1) is 12.8 Å². The van der Waals surface area contributed by atoms with Crippen molar-refractivity contribution < 1.29 is 9.47 Å². The lowest BCUT2D eigenvalue weighted by molar-refractivity contribution is 0.293. The fourth-order valence-electron chi connectivity index (χ4n) is 2.02. The van der Waals surface area contributed by atoms with Crippen LogP contribution in [0.5, 0.6) is 11.6 Å². The zero-order valence-electron chi connectivity index (χ0n) is 11.7. The molecule has 4 heteroatoms. The SMILES string of the molecule is COc1ccc(COc2cc(-c3ccccc3)[nH]n2)cc1. The molecule has 1 aromatic heterocycles. The molecule has 1 N–H and O–H groups in total. The monoisotopic (exact) mass is 280 g/mol. The van der Waals surface area contributed by atoms with Gasteiger partial charge in [0.15, 0.2) is 0 Å². The summed E-state index contributed by atoms with van der Waals surface area (Å²) in [5.41, 5.74) is 3.10. The third-order valence-corrected chi connectivity index (χ3v) is 3.18. The first-order valence-corrected chi connectivity index (χ1v) is 6.72. The van der Waals surface area contributed by atoms with Gasteiger partial charge in [-0.2, -0.15) is 0 Å². The molecule has 0 saturated heterocycles. The van der Waals surface area contributed by atoms with E-state index < -0.39 is 0 Å². The molecule has 1 heterocycles. The molecule has 0 amide bonds. The lowest BCUT2D eigenvalue weighted by Gasteiger charge is -2.04. The molecule has 0 atom stereocenters. The topological polar surface area (TPSA) is 47.1 Å². The van der Waals surface area contributed by atoms with Crippen LogP contribution in [0.4, 0.5) is 0 Å². The summed E-state index contributed by atoms with van der Waals surface area (Å²) in [5, 5.41) is 7.15. The second kappa shape index (κ2) is 6.13. The van der Waals surface area contributed by atoms with E-state index in [0.29, 0.717) is 12.5 Å². The number of ether oxygens (including phenoxy) is 2. The summed E-state index contributed by atoms with van der Waals surface area (Å²) >= 11 is 0. The second-order valence-corrected chi connectivity index (χ2v) is 4.62. The van der Waals surface area contributed by atoms with Gasteiger partial charge in [-0.25, -0.2) is 0 Å². The molecule has 2 aromatic carbocycles. The number of hydrogen-bond donors (Lipinski definition) is 1. The van der Waals surface area contributed by atoms with Crippen molar-refractivity contribution in [1.82, 2.24) is 10.2 Å². The highest BCUT2D eigenvalue weighted by Crippen LogP contribution is 2.21. The molecular weight excluding hydrogens is 264 g/mol.